The highest BCUT2D eigenvalue weighted by Crippen LogP contribution is 2.35. The summed E-state index contributed by atoms with van der Waals surface area (Å²) in [6.45, 7) is 1.65. The van der Waals surface area contributed by atoms with Crippen LogP contribution in [0.15, 0.2) is 12.1 Å². The number of aromatic carboxylic acids is 1. The van der Waals surface area contributed by atoms with Crippen molar-refractivity contribution in [2.75, 3.05) is 20.2 Å². The molecule has 1 fully saturated rings. The Morgan fingerprint density at radius 3 is 2.82 bits per heavy atom. The first-order valence-corrected chi connectivity index (χ1v) is 5.48. The maximum atomic E-state index is 11.1. The molecule has 0 bridgehead atoms. The average Bonchev–Trinajstić information content (AvgIpc) is 2.81. The predicted octanol–water partition coefficient (Wildman–Crippen LogP) is 1.18. The van der Waals surface area contributed by atoms with Gasteiger partial charge < -0.3 is 20.3 Å². The number of methoxy groups -OCH3 is 1. The minimum absolute atomic E-state index is 0.0900. The van der Waals surface area contributed by atoms with Crippen molar-refractivity contribution < 1.29 is 19.7 Å². The summed E-state index contributed by atoms with van der Waals surface area (Å²) in [6, 6.07) is 2.88. The number of hydrogen-bond donors (Lipinski definition) is 3. The third-order valence-corrected chi connectivity index (χ3v) is 3.08. The highest BCUT2D eigenvalue weighted by atomic mass is 16.5. The van der Waals surface area contributed by atoms with Crippen LogP contribution in [0, 0.1) is 0 Å². The van der Waals surface area contributed by atoms with Gasteiger partial charge in [0.1, 0.15) is 17.1 Å². The lowest BCUT2D eigenvalue weighted by atomic mass is 9.95. The first-order chi connectivity index (χ1) is 8.13. The number of nitrogens with one attached hydrogen (secondary N) is 1. The summed E-state index contributed by atoms with van der Waals surface area (Å²) < 4.78 is 4.95. The highest BCUT2D eigenvalue weighted by molar-refractivity contribution is 5.91. The van der Waals surface area contributed by atoms with Crippen LogP contribution in [0.3, 0.4) is 0 Å². The fourth-order valence-corrected chi connectivity index (χ4v) is 2.17. The van der Waals surface area contributed by atoms with Crippen LogP contribution in [0.1, 0.15) is 28.3 Å². The first kappa shape index (κ1) is 11.7. The molecule has 1 aromatic carbocycles. The van der Waals surface area contributed by atoms with Crippen LogP contribution in [0.2, 0.25) is 0 Å². The molecule has 0 aliphatic carbocycles. The Hall–Kier alpha value is -1.75. The van der Waals surface area contributed by atoms with Crippen molar-refractivity contribution in [3.05, 3.63) is 23.3 Å². The molecule has 2 rings (SSSR count). The molecule has 0 amide bonds. The molecule has 0 spiro atoms. The zero-order valence-corrected chi connectivity index (χ0v) is 9.56. The summed E-state index contributed by atoms with van der Waals surface area (Å²) in [6.07, 6.45) is 0.902. The van der Waals surface area contributed by atoms with Gasteiger partial charge in [-0.05, 0) is 24.6 Å². The Bertz CT molecular complexity index is 438. The summed E-state index contributed by atoms with van der Waals surface area (Å²) >= 11 is 0. The third-order valence-electron chi connectivity index (χ3n) is 3.08. The summed E-state index contributed by atoms with van der Waals surface area (Å²) in [5.74, 6) is -0.599. The van der Waals surface area contributed by atoms with Crippen LogP contribution < -0.4 is 10.1 Å². The van der Waals surface area contributed by atoms with Gasteiger partial charge in [0.15, 0.2) is 0 Å². The molecule has 0 radical (unpaired) electrons. The maximum absolute atomic E-state index is 11.1. The molecule has 0 saturated carbocycles. The van der Waals surface area contributed by atoms with Gasteiger partial charge in [-0.25, -0.2) is 4.79 Å². The van der Waals surface area contributed by atoms with Gasteiger partial charge in [-0.3, -0.25) is 0 Å². The monoisotopic (exact) mass is 237 g/mol. The molecule has 1 aromatic rings. The summed E-state index contributed by atoms with van der Waals surface area (Å²) in [5, 5.41) is 22.2. The van der Waals surface area contributed by atoms with Gasteiger partial charge in [-0.1, -0.05) is 0 Å². The second-order valence-electron chi connectivity index (χ2n) is 4.11. The van der Waals surface area contributed by atoms with Crippen LogP contribution in [-0.2, 0) is 0 Å². The molecule has 92 valence electrons. The Balaban J connectivity index is 2.45. The van der Waals surface area contributed by atoms with Gasteiger partial charge in [-0.2, -0.15) is 0 Å². The van der Waals surface area contributed by atoms with E-state index in [9.17, 15) is 9.90 Å². The van der Waals surface area contributed by atoms with E-state index in [-0.39, 0.29) is 23.0 Å². The second-order valence-corrected chi connectivity index (χ2v) is 4.11. The number of aromatic hydroxyl groups is 1. The van der Waals surface area contributed by atoms with Crippen molar-refractivity contribution >= 4 is 5.97 Å². The van der Waals surface area contributed by atoms with Crippen LogP contribution in [0.5, 0.6) is 11.5 Å². The first-order valence-electron chi connectivity index (χ1n) is 5.48. The molecule has 0 aromatic heterocycles. The zero-order chi connectivity index (χ0) is 12.4. The summed E-state index contributed by atoms with van der Waals surface area (Å²) in [5.41, 5.74) is 0.764. The van der Waals surface area contributed by atoms with E-state index in [0.717, 1.165) is 19.5 Å². The van der Waals surface area contributed by atoms with Gasteiger partial charge in [0.2, 0.25) is 0 Å². The Labute approximate surface area is 99.0 Å². The molecule has 17 heavy (non-hydrogen) atoms. The fourth-order valence-electron chi connectivity index (χ4n) is 2.17. The molecular formula is C12H15NO4. The third kappa shape index (κ3) is 2.19. The van der Waals surface area contributed by atoms with Gasteiger partial charge in [-0.15, -0.1) is 0 Å². The summed E-state index contributed by atoms with van der Waals surface area (Å²) in [7, 11) is 1.39. The number of carboxylic acids is 1. The molecule has 3 N–H and O–H groups in total. The smallest absolute Gasteiger partial charge is 0.339 e. The minimum atomic E-state index is -1.05. The molecule has 5 heteroatoms. The van der Waals surface area contributed by atoms with Gasteiger partial charge in [0.25, 0.3) is 0 Å². The van der Waals surface area contributed by atoms with Crippen molar-refractivity contribution in [1.29, 1.82) is 0 Å². The van der Waals surface area contributed by atoms with Crippen molar-refractivity contribution in [3.63, 3.8) is 0 Å². The lowest BCUT2D eigenvalue weighted by Crippen LogP contribution is -2.09. The van der Waals surface area contributed by atoms with Crippen molar-refractivity contribution in [2.45, 2.75) is 12.3 Å². The number of hydrogen-bond acceptors (Lipinski definition) is 4. The molecule has 1 aliphatic heterocycles. The van der Waals surface area contributed by atoms with E-state index < -0.39 is 5.97 Å². The van der Waals surface area contributed by atoms with Crippen LogP contribution >= 0.6 is 0 Å². The fraction of sp³-hybridized carbons (Fsp3) is 0.417. The van der Waals surface area contributed by atoms with Crippen molar-refractivity contribution in [3.8, 4) is 11.5 Å². The Morgan fingerprint density at radius 2 is 2.29 bits per heavy atom. The lowest BCUT2D eigenvalue weighted by Gasteiger charge is -2.14. The molecule has 1 unspecified atom stereocenters. The Kier molecular flexibility index (Phi) is 3.19. The van der Waals surface area contributed by atoms with E-state index in [4.69, 9.17) is 9.84 Å². The van der Waals surface area contributed by atoms with E-state index in [0.29, 0.717) is 5.56 Å². The number of rotatable bonds is 3. The Morgan fingerprint density at radius 1 is 1.53 bits per heavy atom. The van der Waals surface area contributed by atoms with E-state index in [1.165, 1.54) is 19.2 Å². The molecule has 1 aliphatic rings. The van der Waals surface area contributed by atoms with Crippen LogP contribution in [-0.4, -0.2) is 36.4 Å². The SMILES string of the molecule is COc1cc(O)c(C2CCNC2)cc1C(=O)O. The second kappa shape index (κ2) is 4.63. The van der Waals surface area contributed by atoms with Crippen LogP contribution in [0.25, 0.3) is 0 Å². The minimum Gasteiger partial charge on any atom is -0.508 e. The van der Waals surface area contributed by atoms with Crippen molar-refractivity contribution in [2.24, 2.45) is 0 Å². The van der Waals surface area contributed by atoms with Gasteiger partial charge in [0.05, 0.1) is 7.11 Å². The number of phenolic OH excluding ortho intramolecular Hbond substituents is 1. The number of carboxylic acid groups (broad SMARTS) is 1. The number of ether oxygens (including phenoxy) is 1. The molecule has 1 saturated heterocycles. The molecule has 1 heterocycles. The van der Waals surface area contributed by atoms with Crippen LogP contribution in [0.4, 0.5) is 0 Å². The van der Waals surface area contributed by atoms with E-state index in [1.807, 2.05) is 0 Å². The standard InChI is InChI=1S/C12H15NO4/c1-17-11-5-10(14)8(4-9(11)12(15)16)7-2-3-13-6-7/h4-5,7,13-14H,2-3,6H2,1H3,(H,15,16). The highest BCUT2D eigenvalue weighted by Gasteiger charge is 2.23. The number of carbonyl (C=O) groups is 1. The molecule has 5 nitrogen and oxygen atoms in total. The normalized spacial score (nSPS) is 19.2. The summed E-state index contributed by atoms with van der Waals surface area (Å²) in [4.78, 5) is 11.1. The predicted molar refractivity (Wildman–Crippen MR) is 61.8 cm³/mol. The zero-order valence-electron chi connectivity index (χ0n) is 9.56. The van der Waals surface area contributed by atoms with E-state index >= 15 is 0 Å². The largest absolute Gasteiger partial charge is 0.508 e. The number of phenols is 1. The maximum Gasteiger partial charge on any atom is 0.339 e. The van der Waals surface area contributed by atoms with E-state index in [2.05, 4.69) is 5.32 Å². The number of benzene rings is 1. The topological polar surface area (TPSA) is 78.8 Å². The quantitative estimate of drug-likeness (QED) is 0.735. The van der Waals surface area contributed by atoms with Crippen molar-refractivity contribution in [1.82, 2.24) is 5.32 Å². The van der Waals surface area contributed by atoms with Gasteiger partial charge >= 0.3 is 5.97 Å². The molecule has 1 atom stereocenters. The lowest BCUT2D eigenvalue weighted by molar-refractivity contribution is 0.0693. The molecular weight excluding hydrogens is 222 g/mol. The van der Waals surface area contributed by atoms with E-state index in [1.54, 1.807) is 0 Å². The van der Waals surface area contributed by atoms with Gasteiger partial charge in [0, 0.05) is 18.5 Å². The average molecular weight is 237 g/mol.